The second kappa shape index (κ2) is 5.97. The Labute approximate surface area is 163 Å². The van der Waals surface area contributed by atoms with Crippen molar-refractivity contribution in [2.45, 2.75) is 44.8 Å². The van der Waals surface area contributed by atoms with Crippen LogP contribution < -0.4 is 4.90 Å². The largest absolute Gasteiger partial charge is 0.390 e. The molecular formula is C20H24ClN5O. The van der Waals surface area contributed by atoms with Gasteiger partial charge in [-0.25, -0.2) is 4.68 Å². The molecule has 3 aromatic rings. The Bertz CT molecular complexity index is 998. The van der Waals surface area contributed by atoms with Crippen LogP contribution in [-0.2, 0) is 0 Å². The van der Waals surface area contributed by atoms with E-state index < -0.39 is 5.60 Å². The number of hydrogen-bond acceptors (Lipinski definition) is 4. The van der Waals surface area contributed by atoms with Gasteiger partial charge >= 0.3 is 0 Å². The zero-order valence-corrected chi connectivity index (χ0v) is 16.4. The summed E-state index contributed by atoms with van der Waals surface area (Å²) < 4.78 is 3.97. The molecule has 1 saturated heterocycles. The topological polar surface area (TPSA) is 59.1 Å². The first-order valence-corrected chi connectivity index (χ1v) is 9.97. The lowest BCUT2D eigenvalue weighted by Crippen LogP contribution is -2.33. The number of fused-ring (bicyclic) bond motifs is 1. The van der Waals surface area contributed by atoms with Gasteiger partial charge in [-0.05, 0) is 45.2 Å². The third kappa shape index (κ3) is 3.01. The Morgan fingerprint density at radius 2 is 1.96 bits per heavy atom. The minimum Gasteiger partial charge on any atom is -0.390 e. The summed E-state index contributed by atoms with van der Waals surface area (Å²) in [6.07, 6.45) is 9.17. The lowest BCUT2D eigenvalue weighted by molar-refractivity contribution is 0.0263. The van der Waals surface area contributed by atoms with Gasteiger partial charge in [0, 0.05) is 24.4 Å². The standard InChI is InChI=1S/C20H24ClN5O/c1-20(2,27)14-5-6-24(11-14)19-8-18-13(7-17(19)21)9-23-26(18)16-10-22-25(12-16)15-3-4-15/h7-10,12,14-15,27H,3-6,11H2,1-2H3/t14-/m1/s1. The number of rotatable bonds is 4. The van der Waals surface area contributed by atoms with Crippen molar-refractivity contribution in [3.8, 4) is 5.69 Å². The van der Waals surface area contributed by atoms with Crippen LogP contribution in [0.25, 0.3) is 16.6 Å². The number of anilines is 1. The van der Waals surface area contributed by atoms with Crippen LogP contribution in [0.4, 0.5) is 5.69 Å². The van der Waals surface area contributed by atoms with Crippen molar-refractivity contribution in [3.63, 3.8) is 0 Å². The zero-order valence-electron chi connectivity index (χ0n) is 15.6. The Morgan fingerprint density at radius 1 is 1.15 bits per heavy atom. The maximum Gasteiger partial charge on any atom is 0.103 e. The number of aromatic nitrogens is 4. The van der Waals surface area contributed by atoms with Crippen molar-refractivity contribution in [2.24, 2.45) is 5.92 Å². The van der Waals surface area contributed by atoms with E-state index in [4.69, 9.17) is 11.6 Å². The lowest BCUT2D eigenvalue weighted by Gasteiger charge is -2.26. The van der Waals surface area contributed by atoms with Crippen molar-refractivity contribution in [1.82, 2.24) is 19.6 Å². The van der Waals surface area contributed by atoms with Gasteiger partial charge in [0.1, 0.15) is 5.69 Å². The van der Waals surface area contributed by atoms with E-state index in [1.165, 1.54) is 12.8 Å². The Balaban J connectivity index is 1.51. The van der Waals surface area contributed by atoms with Crippen LogP contribution in [0.5, 0.6) is 0 Å². The monoisotopic (exact) mass is 385 g/mol. The third-order valence-electron chi connectivity index (χ3n) is 5.92. The number of benzene rings is 1. The van der Waals surface area contributed by atoms with Gasteiger partial charge in [0.05, 0.1) is 46.5 Å². The molecule has 1 aliphatic heterocycles. The van der Waals surface area contributed by atoms with E-state index in [2.05, 4.69) is 27.4 Å². The van der Waals surface area contributed by atoms with Crippen LogP contribution in [0.15, 0.2) is 30.7 Å². The van der Waals surface area contributed by atoms with Crippen LogP contribution in [0.1, 0.15) is 39.2 Å². The van der Waals surface area contributed by atoms with Gasteiger partial charge in [0.15, 0.2) is 0 Å². The fraction of sp³-hybridized carbons (Fsp3) is 0.500. The van der Waals surface area contributed by atoms with E-state index in [0.717, 1.165) is 46.8 Å². The third-order valence-corrected chi connectivity index (χ3v) is 6.22. The van der Waals surface area contributed by atoms with Gasteiger partial charge in [-0.3, -0.25) is 4.68 Å². The van der Waals surface area contributed by atoms with E-state index in [0.29, 0.717) is 6.04 Å². The van der Waals surface area contributed by atoms with Crippen molar-refractivity contribution >= 4 is 28.2 Å². The highest BCUT2D eigenvalue weighted by molar-refractivity contribution is 6.34. The number of halogens is 1. The highest BCUT2D eigenvalue weighted by Crippen LogP contribution is 2.38. The van der Waals surface area contributed by atoms with Gasteiger partial charge < -0.3 is 10.0 Å². The average Bonchev–Trinajstić information content (AvgIpc) is 3.02. The second-order valence-corrected chi connectivity index (χ2v) is 8.82. The molecule has 1 aromatic carbocycles. The molecule has 0 unspecified atom stereocenters. The predicted octanol–water partition coefficient (Wildman–Crippen LogP) is 3.81. The predicted molar refractivity (Wildman–Crippen MR) is 107 cm³/mol. The number of aliphatic hydroxyl groups is 1. The molecule has 0 amide bonds. The molecule has 6 nitrogen and oxygen atoms in total. The van der Waals surface area contributed by atoms with E-state index in [1.807, 2.05) is 41.7 Å². The van der Waals surface area contributed by atoms with Gasteiger partial charge in [-0.15, -0.1) is 0 Å². The van der Waals surface area contributed by atoms with Crippen LogP contribution >= 0.6 is 11.6 Å². The minimum atomic E-state index is -0.676. The molecule has 1 N–H and O–H groups in total. The summed E-state index contributed by atoms with van der Waals surface area (Å²) >= 11 is 6.60. The molecule has 2 aliphatic rings. The van der Waals surface area contributed by atoms with Crippen LogP contribution in [0, 0.1) is 5.92 Å². The molecule has 7 heteroatoms. The van der Waals surface area contributed by atoms with Gasteiger partial charge in [0.2, 0.25) is 0 Å². The fourth-order valence-electron chi connectivity index (χ4n) is 4.02. The fourth-order valence-corrected chi connectivity index (χ4v) is 4.31. The summed E-state index contributed by atoms with van der Waals surface area (Å²) in [4.78, 5) is 2.27. The first-order valence-electron chi connectivity index (χ1n) is 9.59. The molecule has 27 heavy (non-hydrogen) atoms. The van der Waals surface area contributed by atoms with Crippen molar-refractivity contribution in [1.29, 1.82) is 0 Å². The smallest absolute Gasteiger partial charge is 0.103 e. The molecule has 5 rings (SSSR count). The van der Waals surface area contributed by atoms with Crippen LogP contribution in [-0.4, -0.2) is 43.4 Å². The van der Waals surface area contributed by atoms with Crippen molar-refractivity contribution < 1.29 is 5.11 Å². The quantitative estimate of drug-likeness (QED) is 0.742. The Kier molecular flexibility index (Phi) is 3.78. The molecule has 2 aromatic heterocycles. The first-order chi connectivity index (χ1) is 12.9. The molecule has 3 heterocycles. The lowest BCUT2D eigenvalue weighted by atomic mass is 9.90. The molecule has 1 aliphatic carbocycles. The Morgan fingerprint density at radius 3 is 2.67 bits per heavy atom. The van der Waals surface area contributed by atoms with Gasteiger partial charge in [-0.2, -0.15) is 10.2 Å². The highest BCUT2D eigenvalue weighted by atomic mass is 35.5. The zero-order chi connectivity index (χ0) is 18.8. The summed E-state index contributed by atoms with van der Waals surface area (Å²) in [5.74, 6) is 0.242. The molecule has 1 saturated carbocycles. The highest BCUT2D eigenvalue weighted by Gasteiger charge is 2.34. The summed E-state index contributed by atoms with van der Waals surface area (Å²) in [7, 11) is 0. The van der Waals surface area contributed by atoms with E-state index >= 15 is 0 Å². The minimum absolute atomic E-state index is 0.242. The Hall–Kier alpha value is -2.05. The average molecular weight is 386 g/mol. The van der Waals surface area contributed by atoms with Crippen molar-refractivity contribution in [3.05, 3.63) is 35.7 Å². The summed E-state index contributed by atoms with van der Waals surface area (Å²) in [6, 6.07) is 4.65. The summed E-state index contributed by atoms with van der Waals surface area (Å²) in [6.45, 7) is 5.48. The molecule has 0 bridgehead atoms. The maximum atomic E-state index is 10.4. The number of hydrogen-bond donors (Lipinski definition) is 1. The van der Waals surface area contributed by atoms with Crippen LogP contribution in [0.3, 0.4) is 0 Å². The van der Waals surface area contributed by atoms with Crippen LogP contribution in [0.2, 0.25) is 5.02 Å². The second-order valence-electron chi connectivity index (χ2n) is 8.41. The summed E-state index contributed by atoms with van der Waals surface area (Å²) in [5, 5.41) is 21.2. The maximum absolute atomic E-state index is 10.4. The first kappa shape index (κ1) is 17.1. The van der Waals surface area contributed by atoms with E-state index in [1.54, 1.807) is 0 Å². The SMILES string of the molecule is CC(C)(O)[C@@H]1CCN(c2cc3c(cnn3-c3cnn(C4CC4)c3)cc2Cl)C1. The van der Waals surface area contributed by atoms with E-state index in [-0.39, 0.29) is 5.92 Å². The number of nitrogens with zero attached hydrogens (tertiary/aromatic N) is 5. The molecular weight excluding hydrogens is 362 g/mol. The molecule has 0 spiro atoms. The van der Waals surface area contributed by atoms with Crippen molar-refractivity contribution in [2.75, 3.05) is 18.0 Å². The molecule has 0 radical (unpaired) electrons. The van der Waals surface area contributed by atoms with Gasteiger partial charge in [0.25, 0.3) is 0 Å². The molecule has 142 valence electrons. The molecule has 2 fully saturated rings. The molecule has 1 atom stereocenters. The van der Waals surface area contributed by atoms with E-state index in [9.17, 15) is 5.11 Å². The summed E-state index contributed by atoms with van der Waals surface area (Å²) in [5.41, 5.74) is 2.33. The normalized spacial score (nSPS) is 20.7. The van der Waals surface area contributed by atoms with Gasteiger partial charge in [-0.1, -0.05) is 11.6 Å².